The summed E-state index contributed by atoms with van der Waals surface area (Å²) in [6.07, 6.45) is 0.283. The molecule has 2 aromatic heterocycles. The molecular weight excluding hydrogens is 758 g/mol. The Kier molecular flexibility index (Phi) is 10.9. The number of fused-ring (bicyclic) bond motifs is 3. The molecule has 0 radical (unpaired) electrons. The van der Waals surface area contributed by atoms with Gasteiger partial charge in [0.25, 0.3) is 0 Å². The SMILES string of the molecule is CC1(C)OB(c2cc(F)c3c(c2)CCC3Nc2nc3c(cc2Cl)nc(O[C@@H]2CO[C@@H]4C(O[Si](C)(C)C(C)(C)C)CO[C@@H]42)n3COCC[Si](C)(C)C)OC1(C)C. The van der Waals surface area contributed by atoms with Crippen LogP contribution >= 0.6 is 11.6 Å². The van der Waals surface area contributed by atoms with E-state index >= 15 is 4.39 Å². The molecule has 1 aromatic carbocycles. The molecule has 4 aliphatic rings. The van der Waals surface area contributed by atoms with Crippen molar-refractivity contribution in [2.45, 2.75) is 154 Å². The molecule has 2 unspecified atom stereocenters. The standard InChI is InChI=1S/C39H59BClFN4O7Si2/c1-37(2,3)55(11,12)51-30-21-49-32-29(20-48-33(30)32)50-36-44-28-19-25(41)34(45-35(28)46(36)22-47-15-16-54(8,9)10)43-27-14-13-23-17-24(18-26(42)31(23)27)40-52-38(4,5)39(6,7)53-40/h17-19,27,29-30,32-33H,13-16,20-22H2,1-12H3,(H,43,45)/t27?,29-,30?,32-,33-/m1/s1. The molecule has 3 aromatic rings. The van der Waals surface area contributed by atoms with Crippen molar-refractivity contribution < 1.29 is 37.1 Å². The van der Waals surface area contributed by atoms with Crippen molar-refractivity contribution in [3.8, 4) is 6.01 Å². The second kappa shape index (κ2) is 14.6. The van der Waals surface area contributed by atoms with Crippen LogP contribution in [0.15, 0.2) is 18.2 Å². The summed E-state index contributed by atoms with van der Waals surface area (Å²) in [6.45, 7) is 27.7. The number of nitrogens with zero attached hydrogens (tertiary/aromatic N) is 3. The minimum atomic E-state index is -2.04. The minimum Gasteiger partial charge on any atom is -0.456 e. The quantitative estimate of drug-likeness (QED) is 0.143. The lowest BCUT2D eigenvalue weighted by Crippen LogP contribution is -2.47. The van der Waals surface area contributed by atoms with Crippen LogP contribution in [0.4, 0.5) is 10.2 Å². The molecule has 0 spiro atoms. The number of nitrogens with one attached hydrogen (secondary N) is 1. The van der Waals surface area contributed by atoms with Crippen LogP contribution < -0.4 is 15.5 Å². The van der Waals surface area contributed by atoms with Gasteiger partial charge in [0.05, 0.1) is 41.6 Å². The van der Waals surface area contributed by atoms with E-state index in [9.17, 15) is 0 Å². The number of benzene rings is 1. The van der Waals surface area contributed by atoms with Gasteiger partial charge >= 0.3 is 13.1 Å². The van der Waals surface area contributed by atoms with E-state index in [2.05, 4.69) is 58.8 Å². The van der Waals surface area contributed by atoms with Crippen LogP contribution in [0, 0.1) is 5.82 Å². The molecule has 11 nitrogen and oxygen atoms in total. The lowest BCUT2D eigenvalue weighted by atomic mass is 9.77. The second-order valence-electron chi connectivity index (χ2n) is 19.4. The second-order valence-corrected chi connectivity index (χ2v) is 30.2. The van der Waals surface area contributed by atoms with Crippen LogP contribution in [0.3, 0.4) is 0 Å². The van der Waals surface area contributed by atoms with E-state index in [1.807, 2.05) is 38.3 Å². The highest BCUT2D eigenvalue weighted by Gasteiger charge is 2.54. The Labute approximate surface area is 332 Å². The molecule has 3 saturated heterocycles. The predicted octanol–water partition coefficient (Wildman–Crippen LogP) is 7.87. The fourth-order valence-corrected chi connectivity index (χ4v) is 9.60. The van der Waals surface area contributed by atoms with Crippen molar-refractivity contribution in [2.75, 3.05) is 25.1 Å². The van der Waals surface area contributed by atoms with Crippen LogP contribution in [0.25, 0.3) is 11.2 Å². The van der Waals surface area contributed by atoms with Crippen molar-refractivity contribution in [3.63, 3.8) is 0 Å². The maximum atomic E-state index is 16.0. The highest BCUT2D eigenvalue weighted by molar-refractivity contribution is 6.76. The molecule has 3 fully saturated rings. The summed E-state index contributed by atoms with van der Waals surface area (Å²) < 4.78 is 62.4. The van der Waals surface area contributed by atoms with Gasteiger partial charge in [-0.2, -0.15) is 4.98 Å². The molecule has 7 rings (SSSR count). The Balaban J connectivity index is 1.12. The van der Waals surface area contributed by atoms with Gasteiger partial charge in [0.1, 0.15) is 36.1 Å². The number of hydrogen-bond donors (Lipinski definition) is 1. The monoisotopic (exact) mass is 816 g/mol. The van der Waals surface area contributed by atoms with E-state index < -0.39 is 40.8 Å². The lowest BCUT2D eigenvalue weighted by molar-refractivity contribution is 0.00578. The molecule has 5 atom stereocenters. The largest absolute Gasteiger partial charge is 0.494 e. The number of ether oxygens (including phenoxy) is 4. The number of halogens is 2. The normalized spacial score (nSPS) is 26.2. The van der Waals surface area contributed by atoms with Crippen molar-refractivity contribution >= 4 is 57.6 Å². The summed E-state index contributed by atoms with van der Waals surface area (Å²) in [5.74, 6) is 0.124. The van der Waals surface area contributed by atoms with Gasteiger partial charge in [-0.1, -0.05) is 58.1 Å². The van der Waals surface area contributed by atoms with Crippen LogP contribution in [0.5, 0.6) is 6.01 Å². The molecule has 1 aliphatic carbocycles. The van der Waals surface area contributed by atoms with Crippen molar-refractivity contribution in [1.82, 2.24) is 14.5 Å². The smallest absolute Gasteiger partial charge is 0.456 e. The van der Waals surface area contributed by atoms with Gasteiger partial charge in [-0.25, -0.2) is 9.37 Å². The van der Waals surface area contributed by atoms with E-state index in [1.54, 1.807) is 6.07 Å². The van der Waals surface area contributed by atoms with Crippen LogP contribution in [0.2, 0.25) is 48.8 Å². The number of imidazole rings is 1. The molecule has 16 heteroatoms. The Morgan fingerprint density at radius 3 is 2.29 bits per heavy atom. The highest BCUT2D eigenvalue weighted by Crippen LogP contribution is 2.42. The first-order valence-corrected chi connectivity index (χ1v) is 26.7. The Hall–Kier alpha value is -2.08. The fraction of sp³-hybridized carbons (Fsp3) is 0.692. The number of aryl methyl sites for hydroxylation is 1. The van der Waals surface area contributed by atoms with E-state index in [-0.39, 0.29) is 41.9 Å². The molecule has 302 valence electrons. The first kappa shape index (κ1) is 41.1. The first-order chi connectivity index (χ1) is 25.5. The van der Waals surface area contributed by atoms with E-state index in [0.29, 0.717) is 71.7 Å². The van der Waals surface area contributed by atoms with E-state index in [1.165, 1.54) is 6.07 Å². The van der Waals surface area contributed by atoms with Gasteiger partial charge in [-0.05, 0) is 87.9 Å². The molecule has 55 heavy (non-hydrogen) atoms. The van der Waals surface area contributed by atoms with Crippen LogP contribution in [0.1, 0.15) is 72.1 Å². The average Bonchev–Trinajstić information content (AvgIpc) is 3.86. The van der Waals surface area contributed by atoms with Gasteiger partial charge in [0.2, 0.25) is 0 Å². The zero-order valence-electron chi connectivity index (χ0n) is 34.6. The molecule has 1 N–H and O–H groups in total. The third kappa shape index (κ3) is 8.16. The maximum absolute atomic E-state index is 16.0. The van der Waals surface area contributed by atoms with Crippen LogP contribution in [-0.4, -0.2) is 93.5 Å². The third-order valence-electron chi connectivity index (χ3n) is 12.5. The molecule has 5 heterocycles. The summed E-state index contributed by atoms with van der Waals surface area (Å²) in [5, 5.41) is 3.90. The zero-order valence-corrected chi connectivity index (χ0v) is 37.4. The van der Waals surface area contributed by atoms with Gasteiger partial charge in [0.15, 0.2) is 20.1 Å². The molecule has 0 bridgehead atoms. The van der Waals surface area contributed by atoms with E-state index in [0.717, 1.165) is 11.6 Å². The lowest BCUT2D eigenvalue weighted by Gasteiger charge is -2.39. The minimum absolute atomic E-state index is 0.0654. The average molecular weight is 817 g/mol. The Morgan fingerprint density at radius 2 is 1.64 bits per heavy atom. The summed E-state index contributed by atoms with van der Waals surface area (Å²) in [4.78, 5) is 9.84. The number of hydrogen-bond acceptors (Lipinski definition) is 10. The summed E-state index contributed by atoms with van der Waals surface area (Å²) >= 11 is 6.88. The maximum Gasteiger partial charge on any atom is 0.494 e. The van der Waals surface area contributed by atoms with Crippen molar-refractivity contribution in [2.24, 2.45) is 0 Å². The van der Waals surface area contributed by atoms with E-state index in [4.69, 9.17) is 54.3 Å². The first-order valence-electron chi connectivity index (χ1n) is 19.7. The molecule has 3 aliphatic heterocycles. The van der Waals surface area contributed by atoms with Gasteiger partial charge < -0.3 is 38.0 Å². The zero-order chi connectivity index (χ0) is 39.9. The Morgan fingerprint density at radius 1 is 0.982 bits per heavy atom. The molecule has 0 saturated carbocycles. The number of aromatic nitrogens is 3. The number of anilines is 1. The fourth-order valence-electron chi connectivity index (χ4n) is 7.33. The van der Waals surface area contributed by atoms with Crippen LogP contribution in [-0.2, 0) is 41.1 Å². The molecule has 0 amide bonds. The Bertz CT molecular complexity index is 1900. The predicted molar refractivity (Wildman–Crippen MR) is 219 cm³/mol. The third-order valence-corrected chi connectivity index (χ3v) is 18.9. The van der Waals surface area contributed by atoms with Crippen molar-refractivity contribution in [1.29, 1.82) is 0 Å². The van der Waals surface area contributed by atoms with Gasteiger partial charge in [-0.15, -0.1) is 0 Å². The highest BCUT2D eigenvalue weighted by atomic mass is 35.5. The van der Waals surface area contributed by atoms with Crippen molar-refractivity contribution in [3.05, 3.63) is 40.2 Å². The summed E-state index contributed by atoms with van der Waals surface area (Å²) in [7, 11) is -4.02. The number of rotatable bonds is 12. The molecular formula is C39H59BClFN4O7Si2. The topological polar surface area (TPSA) is 107 Å². The summed E-state index contributed by atoms with van der Waals surface area (Å²) in [5.41, 5.74) is 2.27. The summed E-state index contributed by atoms with van der Waals surface area (Å²) in [6, 6.07) is 6.33. The van der Waals surface area contributed by atoms with Gasteiger partial charge in [-0.3, -0.25) is 4.57 Å². The number of pyridine rings is 1. The van der Waals surface area contributed by atoms with Gasteiger partial charge in [0, 0.05) is 20.2 Å².